The van der Waals surface area contributed by atoms with Gasteiger partial charge in [-0.2, -0.15) is 0 Å². The van der Waals surface area contributed by atoms with Crippen LogP contribution < -0.4 is 0 Å². The smallest absolute Gasteiger partial charge is 0.165 e. The van der Waals surface area contributed by atoms with Gasteiger partial charge in [-0.25, -0.2) is 9.97 Å². The van der Waals surface area contributed by atoms with Gasteiger partial charge in [0.1, 0.15) is 16.9 Å². The van der Waals surface area contributed by atoms with Crippen molar-refractivity contribution in [3.63, 3.8) is 0 Å². The number of furan rings is 1. The summed E-state index contributed by atoms with van der Waals surface area (Å²) in [4.78, 5) is 10.8. The van der Waals surface area contributed by atoms with E-state index >= 15 is 0 Å². The third-order valence-electron chi connectivity index (χ3n) is 10.3. The van der Waals surface area contributed by atoms with Crippen molar-refractivity contribution in [2.45, 2.75) is 0 Å². The minimum absolute atomic E-state index is 0.787. The summed E-state index contributed by atoms with van der Waals surface area (Å²) in [5.41, 5.74) is 7.32. The van der Waals surface area contributed by atoms with Crippen molar-refractivity contribution >= 4 is 108 Å². The molecule has 12 rings (SSSR count). The first-order valence-corrected chi connectivity index (χ1v) is 17.3. The van der Waals surface area contributed by atoms with E-state index < -0.39 is 0 Å². The number of hydrogen-bond acceptors (Lipinski definition) is 4. The average molecular weight is 642 g/mol. The number of aromatic nitrogens is 3. The number of benzene rings is 7. The van der Waals surface area contributed by atoms with E-state index in [1.165, 1.54) is 52.5 Å². The molecule has 0 saturated heterocycles. The molecule has 0 aliphatic carbocycles. The zero-order chi connectivity index (χ0) is 31.8. The normalized spacial score (nSPS) is 12.5. The van der Waals surface area contributed by atoms with Gasteiger partial charge in [0.25, 0.3) is 0 Å². The molecule has 5 heteroatoms. The average Bonchev–Trinajstić information content (AvgIpc) is 3.83. The van der Waals surface area contributed by atoms with E-state index in [1.54, 1.807) is 0 Å². The third-order valence-corrected chi connectivity index (χ3v) is 11.5. The fraction of sp³-hybridized carbons (Fsp3) is 0. The second-order valence-corrected chi connectivity index (χ2v) is 13.9. The Morgan fingerprint density at radius 1 is 0.449 bits per heavy atom. The Balaban J connectivity index is 1.33. The van der Waals surface area contributed by atoms with Gasteiger partial charge < -0.3 is 4.42 Å². The summed E-state index contributed by atoms with van der Waals surface area (Å²) >= 11 is 1.87. The van der Waals surface area contributed by atoms with E-state index in [-0.39, 0.29) is 0 Å². The molecule has 4 heterocycles. The molecule has 0 bridgehead atoms. The fourth-order valence-corrected chi connectivity index (χ4v) is 9.49. The van der Waals surface area contributed by atoms with Crippen LogP contribution in [0.3, 0.4) is 0 Å². The van der Waals surface area contributed by atoms with Crippen LogP contribution in [0.5, 0.6) is 0 Å². The molecule has 0 unspecified atom stereocenters. The van der Waals surface area contributed by atoms with E-state index in [4.69, 9.17) is 14.4 Å². The van der Waals surface area contributed by atoms with E-state index in [0.29, 0.717) is 0 Å². The monoisotopic (exact) mass is 641 g/mol. The molecule has 8 aromatic carbocycles. The number of thiophene rings is 1. The van der Waals surface area contributed by atoms with Gasteiger partial charge in [0, 0.05) is 47.3 Å². The Labute approximate surface area is 282 Å². The SMILES string of the molecule is c1ccc2nc(-n3c4cccc5c6ccccc6c6cccc7sc8ccc3c(c8c76)c54)c(-c3cccc4c3oc3ccccc34)nc2c1. The maximum Gasteiger partial charge on any atom is 0.165 e. The lowest BCUT2D eigenvalue weighted by Gasteiger charge is -2.14. The van der Waals surface area contributed by atoms with Crippen LogP contribution in [0.15, 0.2) is 144 Å². The summed E-state index contributed by atoms with van der Waals surface area (Å²) in [7, 11) is 0. The Bertz CT molecular complexity index is 3350. The topological polar surface area (TPSA) is 43.9 Å². The predicted molar refractivity (Wildman–Crippen MR) is 206 cm³/mol. The Morgan fingerprint density at radius 2 is 1.08 bits per heavy atom. The van der Waals surface area contributed by atoms with Crippen molar-refractivity contribution in [3.05, 3.63) is 140 Å². The molecule has 0 aliphatic heterocycles. The molecule has 4 aromatic heterocycles. The summed E-state index contributed by atoms with van der Waals surface area (Å²) in [5.74, 6) is 0.787. The molecule has 226 valence electrons. The predicted octanol–water partition coefficient (Wildman–Crippen LogP) is 12.4. The molecule has 0 fully saturated rings. The number of hydrogen-bond donors (Lipinski definition) is 0. The number of rotatable bonds is 2. The summed E-state index contributed by atoms with van der Waals surface area (Å²) in [6.45, 7) is 0. The Morgan fingerprint density at radius 3 is 1.94 bits per heavy atom. The zero-order valence-electron chi connectivity index (χ0n) is 25.9. The highest BCUT2D eigenvalue weighted by molar-refractivity contribution is 7.26. The summed E-state index contributed by atoms with van der Waals surface area (Å²) in [6, 6.07) is 49.6. The van der Waals surface area contributed by atoms with Crippen LogP contribution in [0.1, 0.15) is 0 Å². The summed E-state index contributed by atoms with van der Waals surface area (Å²) in [6.07, 6.45) is 0. The molecule has 0 aliphatic rings. The number of para-hydroxylation sites is 4. The first kappa shape index (κ1) is 25.7. The molecular weight excluding hydrogens is 619 g/mol. The van der Waals surface area contributed by atoms with Crippen molar-refractivity contribution in [1.82, 2.24) is 14.5 Å². The van der Waals surface area contributed by atoms with Gasteiger partial charge in [0.15, 0.2) is 5.82 Å². The van der Waals surface area contributed by atoms with Gasteiger partial charge in [-0.3, -0.25) is 4.57 Å². The van der Waals surface area contributed by atoms with Gasteiger partial charge in [-0.1, -0.05) is 91.0 Å². The van der Waals surface area contributed by atoms with Gasteiger partial charge in [-0.15, -0.1) is 11.3 Å². The van der Waals surface area contributed by atoms with Crippen LogP contribution in [0.4, 0.5) is 0 Å². The van der Waals surface area contributed by atoms with E-state index in [0.717, 1.165) is 61.1 Å². The number of nitrogens with zero attached hydrogens (tertiary/aromatic N) is 3. The highest BCUT2D eigenvalue weighted by Crippen LogP contribution is 2.49. The largest absolute Gasteiger partial charge is 0.455 e. The van der Waals surface area contributed by atoms with Gasteiger partial charge in [-0.05, 0) is 70.1 Å². The lowest BCUT2D eigenvalue weighted by Crippen LogP contribution is -2.03. The van der Waals surface area contributed by atoms with E-state index in [1.807, 2.05) is 41.7 Å². The molecule has 0 N–H and O–H groups in total. The third kappa shape index (κ3) is 3.27. The molecule has 4 nitrogen and oxygen atoms in total. The maximum absolute atomic E-state index is 6.60. The highest BCUT2D eigenvalue weighted by Gasteiger charge is 2.25. The van der Waals surface area contributed by atoms with Crippen LogP contribution in [0, 0.1) is 0 Å². The Hall–Kier alpha value is -6.30. The zero-order valence-corrected chi connectivity index (χ0v) is 26.8. The molecule has 0 atom stereocenters. The number of fused-ring (bicyclic) bond motifs is 7. The van der Waals surface area contributed by atoms with Crippen LogP contribution in [0.2, 0.25) is 0 Å². The first-order valence-electron chi connectivity index (χ1n) is 16.5. The molecular formula is C44H23N3OS. The molecule has 0 spiro atoms. The molecule has 0 saturated carbocycles. The molecule has 12 aromatic rings. The van der Waals surface area contributed by atoms with E-state index in [9.17, 15) is 0 Å². The van der Waals surface area contributed by atoms with Crippen LogP contribution >= 0.6 is 11.3 Å². The molecule has 0 amide bonds. The van der Waals surface area contributed by atoms with Crippen LogP contribution in [-0.4, -0.2) is 14.5 Å². The van der Waals surface area contributed by atoms with Crippen LogP contribution in [-0.2, 0) is 0 Å². The summed E-state index contributed by atoms with van der Waals surface area (Å²) < 4.78 is 11.5. The lowest BCUT2D eigenvalue weighted by molar-refractivity contribution is 0.669. The second-order valence-electron chi connectivity index (χ2n) is 12.9. The van der Waals surface area contributed by atoms with Crippen molar-refractivity contribution in [2.24, 2.45) is 0 Å². The van der Waals surface area contributed by atoms with Gasteiger partial charge in [0.05, 0.1) is 22.1 Å². The standard InChI is InChI=1S/C44H23N3OS/c1-2-11-25-24(10-1)27-13-8-19-33-38(27)40-34(22-23-37-41(40)39-28(25)14-9-21-36(39)49-37)47(33)44-42(45-31-17-4-5-18-32(31)46-44)30-16-7-15-29-26-12-3-6-20-35(26)48-43(29)30/h1-23H. The van der Waals surface area contributed by atoms with Gasteiger partial charge in [0.2, 0.25) is 0 Å². The minimum Gasteiger partial charge on any atom is -0.455 e. The molecule has 49 heavy (non-hydrogen) atoms. The lowest BCUT2D eigenvalue weighted by atomic mass is 9.95. The Kier molecular flexibility index (Phi) is 4.83. The first-order chi connectivity index (χ1) is 24.3. The quantitative estimate of drug-likeness (QED) is 0.189. The van der Waals surface area contributed by atoms with Crippen LogP contribution in [0.25, 0.3) is 114 Å². The minimum atomic E-state index is 0.787. The van der Waals surface area contributed by atoms with Crippen molar-refractivity contribution < 1.29 is 4.42 Å². The highest BCUT2D eigenvalue weighted by atomic mass is 32.1. The van der Waals surface area contributed by atoms with Crippen molar-refractivity contribution in [1.29, 1.82) is 0 Å². The fourth-order valence-electron chi connectivity index (χ4n) is 8.35. The van der Waals surface area contributed by atoms with Crippen molar-refractivity contribution in [2.75, 3.05) is 0 Å². The second kappa shape index (κ2) is 9.19. The maximum atomic E-state index is 6.60. The van der Waals surface area contributed by atoms with Crippen molar-refractivity contribution in [3.8, 4) is 17.1 Å². The summed E-state index contributed by atoms with van der Waals surface area (Å²) in [5, 5.41) is 12.3. The molecule has 0 radical (unpaired) electrons. The van der Waals surface area contributed by atoms with E-state index in [2.05, 4.69) is 114 Å². The van der Waals surface area contributed by atoms with Gasteiger partial charge >= 0.3 is 0 Å².